The normalized spacial score (nSPS) is 11.8. The molecule has 0 saturated heterocycles. The minimum atomic E-state index is 1.16. The molecule has 0 spiro atoms. The van der Waals surface area contributed by atoms with Gasteiger partial charge in [-0.15, -0.1) is 0 Å². The van der Waals surface area contributed by atoms with Gasteiger partial charge in [-0.05, 0) is 110 Å². The largest absolute Gasteiger partial charge is 0.309 e. The first-order chi connectivity index (χ1) is 28.8. The highest BCUT2D eigenvalue weighted by Crippen LogP contribution is 2.42. The molecule has 0 aliphatic carbocycles. The standard InChI is InChI=1S/C56H36N2/c1-2-15-37(16-3-1)38-18-14-19-42(33-38)57-52-26-11-9-24-47(52)50-34-39(29-31-55(50)57)40-30-32-56-51(35-40)48-25-10-13-28-54(48)58(56)53-27-12-8-23-46(53)49-36-41-17-4-5-20-43(41)44-21-6-7-22-45(44)49/h1-36H. The Balaban J connectivity index is 1.03. The lowest BCUT2D eigenvalue weighted by Gasteiger charge is -2.17. The lowest BCUT2D eigenvalue weighted by atomic mass is 9.92. The molecule has 2 heterocycles. The lowest BCUT2D eigenvalue weighted by Crippen LogP contribution is -1.97. The van der Waals surface area contributed by atoms with Gasteiger partial charge in [0, 0.05) is 32.8 Å². The van der Waals surface area contributed by atoms with Crippen molar-refractivity contribution in [3.8, 4) is 44.8 Å². The molecule has 2 aromatic heterocycles. The number of aromatic nitrogens is 2. The van der Waals surface area contributed by atoms with Crippen LogP contribution in [0.5, 0.6) is 0 Å². The fourth-order valence-electron chi connectivity index (χ4n) is 9.47. The molecule has 10 aromatic carbocycles. The Hall–Kier alpha value is -7.68. The zero-order valence-corrected chi connectivity index (χ0v) is 31.7. The number of para-hydroxylation sites is 3. The predicted octanol–water partition coefficient (Wildman–Crippen LogP) is 15.2. The van der Waals surface area contributed by atoms with E-state index in [0.717, 1.165) is 5.69 Å². The van der Waals surface area contributed by atoms with Crippen molar-refractivity contribution in [1.82, 2.24) is 9.13 Å². The molecular weight excluding hydrogens is 701 g/mol. The van der Waals surface area contributed by atoms with Gasteiger partial charge < -0.3 is 9.13 Å². The van der Waals surface area contributed by atoms with Crippen molar-refractivity contribution in [2.24, 2.45) is 0 Å². The second-order valence-corrected chi connectivity index (χ2v) is 15.3. The van der Waals surface area contributed by atoms with Crippen LogP contribution in [0, 0.1) is 0 Å². The number of fused-ring (bicyclic) bond motifs is 9. The molecule has 270 valence electrons. The quantitative estimate of drug-likeness (QED) is 0.156. The Morgan fingerprint density at radius 3 is 1.50 bits per heavy atom. The van der Waals surface area contributed by atoms with E-state index >= 15 is 0 Å². The van der Waals surface area contributed by atoms with Crippen LogP contribution in [0.3, 0.4) is 0 Å². The molecular formula is C56H36N2. The lowest BCUT2D eigenvalue weighted by molar-refractivity contribution is 1.18. The molecule has 2 heteroatoms. The van der Waals surface area contributed by atoms with E-state index in [0.29, 0.717) is 0 Å². The minimum absolute atomic E-state index is 1.16. The highest BCUT2D eigenvalue weighted by atomic mass is 15.0. The smallest absolute Gasteiger partial charge is 0.0541 e. The van der Waals surface area contributed by atoms with Gasteiger partial charge in [-0.2, -0.15) is 0 Å². The average molecular weight is 737 g/mol. The summed E-state index contributed by atoms with van der Waals surface area (Å²) in [6.45, 7) is 0. The van der Waals surface area contributed by atoms with Crippen molar-refractivity contribution in [3.63, 3.8) is 0 Å². The van der Waals surface area contributed by atoms with Gasteiger partial charge in [0.25, 0.3) is 0 Å². The van der Waals surface area contributed by atoms with Crippen LogP contribution in [0.1, 0.15) is 0 Å². The van der Waals surface area contributed by atoms with Gasteiger partial charge in [0.2, 0.25) is 0 Å². The van der Waals surface area contributed by atoms with Crippen molar-refractivity contribution in [2.75, 3.05) is 0 Å². The second kappa shape index (κ2) is 12.9. The molecule has 0 unspecified atom stereocenters. The van der Waals surface area contributed by atoms with E-state index in [1.807, 2.05) is 0 Å². The van der Waals surface area contributed by atoms with Crippen LogP contribution >= 0.6 is 0 Å². The molecule has 0 N–H and O–H groups in total. The van der Waals surface area contributed by atoms with Gasteiger partial charge in [-0.3, -0.25) is 0 Å². The third-order valence-electron chi connectivity index (χ3n) is 12.1. The first-order valence-corrected chi connectivity index (χ1v) is 20.0. The zero-order chi connectivity index (χ0) is 38.2. The molecule has 0 radical (unpaired) electrons. The predicted molar refractivity (Wildman–Crippen MR) is 246 cm³/mol. The van der Waals surface area contributed by atoms with E-state index in [1.54, 1.807) is 0 Å². The molecule has 0 amide bonds. The maximum Gasteiger partial charge on any atom is 0.0541 e. The van der Waals surface area contributed by atoms with Crippen molar-refractivity contribution in [1.29, 1.82) is 0 Å². The maximum absolute atomic E-state index is 2.47. The zero-order valence-electron chi connectivity index (χ0n) is 31.7. The van der Waals surface area contributed by atoms with Gasteiger partial charge in [-0.1, -0.05) is 158 Å². The fraction of sp³-hybridized carbons (Fsp3) is 0. The summed E-state index contributed by atoms with van der Waals surface area (Å²) in [5, 5.41) is 10.1. The summed E-state index contributed by atoms with van der Waals surface area (Å²) in [5.41, 5.74) is 14.4. The van der Waals surface area contributed by atoms with Crippen molar-refractivity contribution < 1.29 is 0 Å². The van der Waals surface area contributed by atoms with E-state index in [1.165, 1.54) is 104 Å². The highest BCUT2D eigenvalue weighted by Gasteiger charge is 2.19. The Morgan fingerprint density at radius 1 is 0.241 bits per heavy atom. The molecule has 12 aromatic rings. The second-order valence-electron chi connectivity index (χ2n) is 15.3. The monoisotopic (exact) mass is 736 g/mol. The number of nitrogens with zero attached hydrogens (tertiary/aromatic N) is 2. The molecule has 12 rings (SSSR count). The van der Waals surface area contributed by atoms with E-state index in [-0.39, 0.29) is 0 Å². The molecule has 0 fully saturated rings. The van der Waals surface area contributed by atoms with Gasteiger partial charge in [-0.25, -0.2) is 0 Å². The van der Waals surface area contributed by atoms with E-state index in [2.05, 4.69) is 228 Å². The molecule has 0 saturated carbocycles. The molecule has 58 heavy (non-hydrogen) atoms. The van der Waals surface area contributed by atoms with Crippen LogP contribution < -0.4 is 0 Å². The fourth-order valence-corrected chi connectivity index (χ4v) is 9.47. The van der Waals surface area contributed by atoms with Crippen molar-refractivity contribution in [3.05, 3.63) is 218 Å². The number of rotatable bonds is 5. The molecule has 2 nitrogen and oxygen atoms in total. The van der Waals surface area contributed by atoms with Crippen LogP contribution in [0.4, 0.5) is 0 Å². The Bertz CT molecular complexity index is 3570. The summed E-state index contributed by atoms with van der Waals surface area (Å²) < 4.78 is 4.88. The van der Waals surface area contributed by atoms with Crippen LogP contribution in [-0.2, 0) is 0 Å². The van der Waals surface area contributed by atoms with Gasteiger partial charge in [0.1, 0.15) is 0 Å². The van der Waals surface area contributed by atoms with Crippen molar-refractivity contribution >= 4 is 65.2 Å². The minimum Gasteiger partial charge on any atom is -0.309 e. The van der Waals surface area contributed by atoms with Gasteiger partial charge >= 0.3 is 0 Å². The van der Waals surface area contributed by atoms with Crippen LogP contribution in [0.15, 0.2) is 218 Å². The van der Waals surface area contributed by atoms with Crippen LogP contribution in [0.2, 0.25) is 0 Å². The van der Waals surface area contributed by atoms with Gasteiger partial charge in [0.15, 0.2) is 0 Å². The number of hydrogen-bond donors (Lipinski definition) is 0. The first kappa shape index (κ1) is 32.6. The molecule has 0 atom stereocenters. The Labute approximate surface area is 336 Å². The molecule has 0 aliphatic heterocycles. The van der Waals surface area contributed by atoms with E-state index in [9.17, 15) is 0 Å². The van der Waals surface area contributed by atoms with Crippen LogP contribution in [0.25, 0.3) is 110 Å². The Morgan fingerprint density at radius 2 is 0.759 bits per heavy atom. The highest BCUT2D eigenvalue weighted by molar-refractivity contribution is 6.16. The summed E-state index contributed by atoms with van der Waals surface area (Å²) >= 11 is 0. The topological polar surface area (TPSA) is 9.86 Å². The summed E-state index contributed by atoms with van der Waals surface area (Å²) in [5.74, 6) is 0. The summed E-state index contributed by atoms with van der Waals surface area (Å²) in [4.78, 5) is 0. The molecule has 0 bridgehead atoms. The van der Waals surface area contributed by atoms with Crippen molar-refractivity contribution in [2.45, 2.75) is 0 Å². The maximum atomic E-state index is 2.47. The molecule has 0 aliphatic rings. The van der Waals surface area contributed by atoms with E-state index < -0.39 is 0 Å². The number of hydrogen-bond acceptors (Lipinski definition) is 0. The first-order valence-electron chi connectivity index (χ1n) is 20.0. The Kier molecular flexibility index (Phi) is 7.26. The SMILES string of the molecule is c1ccc(-c2cccc(-n3c4ccccc4c4cc(-c5ccc6c(c5)c5ccccc5n6-c5ccccc5-c5cc6ccccc6c6ccccc56)ccc43)c2)cc1. The summed E-state index contributed by atoms with van der Waals surface area (Å²) in [7, 11) is 0. The van der Waals surface area contributed by atoms with E-state index in [4.69, 9.17) is 0 Å². The number of benzene rings is 10. The third kappa shape index (κ3) is 4.99. The summed E-state index contributed by atoms with van der Waals surface area (Å²) in [6.07, 6.45) is 0. The van der Waals surface area contributed by atoms with Gasteiger partial charge in [0.05, 0.1) is 27.8 Å². The third-order valence-corrected chi connectivity index (χ3v) is 12.1. The summed E-state index contributed by atoms with van der Waals surface area (Å²) in [6, 6.07) is 80.0. The van der Waals surface area contributed by atoms with Crippen LogP contribution in [-0.4, -0.2) is 9.13 Å². The average Bonchev–Trinajstić information content (AvgIpc) is 3.81.